The average Bonchev–Trinajstić information content (AvgIpc) is 2.88. The molecule has 0 fully saturated rings. The van der Waals surface area contributed by atoms with Crippen molar-refractivity contribution in [3.8, 4) is 6.07 Å². The molecule has 0 aliphatic heterocycles. The predicted octanol–water partition coefficient (Wildman–Crippen LogP) is 1.80. The molecule has 0 spiro atoms. The zero-order valence-corrected chi connectivity index (χ0v) is 9.25. The van der Waals surface area contributed by atoms with Crippen molar-refractivity contribution in [1.29, 1.82) is 5.26 Å². The second-order valence-electron chi connectivity index (χ2n) is 3.53. The van der Waals surface area contributed by atoms with Crippen molar-refractivity contribution in [2.45, 2.75) is 6.54 Å². The largest absolute Gasteiger partial charge is 0.379 e. The minimum absolute atomic E-state index is 0.0367. The highest BCUT2D eigenvalue weighted by Gasteiger charge is 2.13. The summed E-state index contributed by atoms with van der Waals surface area (Å²) < 4.78 is 0. The van der Waals surface area contributed by atoms with Gasteiger partial charge in [-0.05, 0) is 12.1 Å². The van der Waals surface area contributed by atoms with Crippen LogP contribution in [0.4, 0.5) is 11.4 Å². The third-order valence-electron chi connectivity index (χ3n) is 2.35. The SMILES string of the molecule is N#Cc1cc(NCc2cnc[nH]2)ccc1[N+](=O)[O-]. The molecule has 0 saturated carbocycles. The fraction of sp³-hybridized carbons (Fsp3) is 0.0909. The number of nitriles is 1. The van der Waals surface area contributed by atoms with Gasteiger partial charge < -0.3 is 10.3 Å². The number of aromatic nitrogens is 2. The van der Waals surface area contributed by atoms with Crippen LogP contribution in [0, 0.1) is 21.4 Å². The van der Waals surface area contributed by atoms with Crippen molar-refractivity contribution in [3.05, 3.63) is 52.1 Å². The van der Waals surface area contributed by atoms with Gasteiger partial charge in [0.15, 0.2) is 0 Å². The van der Waals surface area contributed by atoms with E-state index in [1.54, 1.807) is 18.6 Å². The lowest BCUT2D eigenvalue weighted by molar-refractivity contribution is -0.385. The number of aromatic amines is 1. The number of hydrogen-bond donors (Lipinski definition) is 2. The van der Waals surface area contributed by atoms with Crippen LogP contribution in [0.1, 0.15) is 11.3 Å². The van der Waals surface area contributed by atoms with Crippen LogP contribution >= 0.6 is 0 Å². The van der Waals surface area contributed by atoms with Crippen LogP contribution in [0.15, 0.2) is 30.7 Å². The van der Waals surface area contributed by atoms with E-state index in [4.69, 9.17) is 5.26 Å². The normalized spacial score (nSPS) is 9.72. The molecule has 2 rings (SSSR count). The number of anilines is 1. The zero-order valence-electron chi connectivity index (χ0n) is 9.25. The second kappa shape index (κ2) is 4.97. The van der Waals surface area contributed by atoms with Gasteiger partial charge in [0.05, 0.1) is 23.5 Å². The standard InChI is InChI=1S/C11H9N5O2/c12-4-8-3-9(1-2-11(8)16(17)18)14-6-10-5-13-7-15-10/h1-3,5,7,14H,6H2,(H,13,15). The van der Waals surface area contributed by atoms with Gasteiger partial charge in [-0.2, -0.15) is 5.26 Å². The molecule has 0 aliphatic carbocycles. The Morgan fingerprint density at radius 1 is 1.56 bits per heavy atom. The van der Waals surface area contributed by atoms with E-state index in [1.165, 1.54) is 12.1 Å². The Kier molecular flexibility index (Phi) is 3.20. The minimum Gasteiger partial charge on any atom is -0.379 e. The molecule has 90 valence electrons. The molecule has 7 heteroatoms. The Bertz CT molecular complexity index is 600. The van der Waals surface area contributed by atoms with Crippen LogP contribution in [-0.2, 0) is 6.54 Å². The highest BCUT2D eigenvalue weighted by molar-refractivity contribution is 5.58. The molecule has 2 aromatic rings. The highest BCUT2D eigenvalue weighted by atomic mass is 16.6. The first-order chi connectivity index (χ1) is 8.70. The fourth-order valence-electron chi connectivity index (χ4n) is 1.47. The molecule has 0 atom stereocenters. The summed E-state index contributed by atoms with van der Waals surface area (Å²) >= 11 is 0. The molecule has 7 nitrogen and oxygen atoms in total. The monoisotopic (exact) mass is 243 g/mol. The highest BCUT2D eigenvalue weighted by Crippen LogP contribution is 2.21. The van der Waals surface area contributed by atoms with Crippen LogP contribution in [0.5, 0.6) is 0 Å². The first-order valence-electron chi connectivity index (χ1n) is 5.10. The summed E-state index contributed by atoms with van der Waals surface area (Å²) in [6.45, 7) is 0.503. The number of nitrogens with one attached hydrogen (secondary N) is 2. The summed E-state index contributed by atoms with van der Waals surface area (Å²) in [5.74, 6) is 0. The maximum Gasteiger partial charge on any atom is 0.287 e. The number of nitro benzene ring substituents is 1. The molecule has 2 N–H and O–H groups in total. The van der Waals surface area contributed by atoms with Gasteiger partial charge in [0, 0.05) is 18.0 Å². The van der Waals surface area contributed by atoms with E-state index in [2.05, 4.69) is 15.3 Å². The summed E-state index contributed by atoms with van der Waals surface area (Å²) in [4.78, 5) is 16.9. The summed E-state index contributed by atoms with van der Waals surface area (Å²) in [6.07, 6.45) is 3.23. The third-order valence-corrected chi connectivity index (χ3v) is 2.35. The first kappa shape index (κ1) is 11.6. The zero-order chi connectivity index (χ0) is 13.0. The molecule has 1 heterocycles. The maximum absolute atomic E-state index is 10.7. The van der Waals surface area contributed by atoms with Gasteiger partial charge in [0.25, 0.3) is 5.69 Å². The predicted molar refractivity (Wildman–Crippen MR) is 63.7 cm³/mol. The van der Waals surface area contributed by atoms with Gasteiger partial charge in [-0.25, -0.2) is 4.98 Å². The molecular formula is C11H9N5O2. The lowest BCUT2D eigenvalue weighted by Gasteiger charge is -2.05. The van der Waals surface area contributed by atoms with Crippen LogP contribution in [0.2, 0.25) is 0 Å². The Morgan fingerprint density at radius 3 is 3.00 bits per heavy atom. The second-order valence-corrected chi connectivity index (χ2v) is 3.53. The van der Waals surface area contributed by atoms with E-state index < -0.39 is 4.92 Å². The van der Waals surface area contributed by atoms with Crippen molar-refractivity contribution in [1.82, 2.24) is 9.97 Å². The number of nitrogens with zero attached hydrogens (tertiary/aromatic N) is 3. The Morgan fingerprint density at radius 2 is 2.39 bits per heavy atom. The van der Waals surface area contributed by atoms with Gasteiger partial charge in [-0.1, -0.05) is 0 Å². The van der Waals surface area contributed by atoms with E-state index in [9.17, 15) is 10.1 Å². The smallest absolute Gasteiger partial charge is 0.287 e. The van der Waals surface area contributed by atoms with Crippen LogP contribution in [-0.4, -0.2) is 14.9 Å². The lowest BCUT2D eigenvalue weighted by Crippen LogP contribution is -2.01. The number of imidazole rings is 1. The fourth-order valence-corrected chi connectivity index (χ4v) is 1.47. The van der Waals surface area contributed by atoms with E-state index in [0.29, 0.717) is 12.2 Å². The lowest BCUT2D eigenvalue weighted by atomic mass is 10.1. The van der Waals surface area contributed by atoms with Crippen molar-refractivity contribution in [2.75, 3.05) is 5.32 Å². The number of nitro groups is 1. The number of rotatable bonds is 4. The van der Waals surface area contributed by atoms with E-state index in [0.717, 1.165) is 5.69 Å². The molecule has 0 amide bonds. The van der Waals surface area contributed by atoms with Crippen molar-refractivity contribution in [2.24, 2.45) is 0 Å². The summed E-state index contributed by atoms with van der Waals surface area (Å²) in [6, 6.07) is 6.14. The topological polar surface area (TPSA) is 108 Å². The van der Waals surface area contributed by atoms with E-state index >= 15 is 0 Å². The third kappa shape index (κ3) is 2.44. The Labute approximate surface area is 102 Å². The molecule has 0 aliphatic rings. The number of H-pyrrole nitrogens is 1. The average molecular weight is 243 g/mol. The minimum atomic E-state index is -0.572. The quantitative estimate of drug-likeness (QED) is 0.628. The summed E-state index contributed by atoms with van der Waals surface area (Å²) in [5.41, 5.74) is 1.37. The van der Waals surface area contributed by atoms with Crippen LogP contribution in [0.25, 0.3) is 0 Å². The first-order valence-corrected chi connectivity index (χ1v) is 5.10. The van der Waals surface area contributed by atoms with Gasteiger partial charge in [0.1, 0.15) is 11.6 Å². The molecular weight excluding hydrogens is 234 g/mol. The number of benzene rings is 1. The molecule has 18 heavy (non-hydrogen) atoms. The molecule has 0 bridgehead atoms. The molecule has 1 aromatic carbocycles. The summed E-state index contributed by atoms with van der Waals surface area (Å²) in [5, 5.41) is 22.5. The number of hydrogen-bond acceptors (Lipinski definition) is 5. The molecule has 1 aromatic heterocycles. The van der Waals surface area contributed by atoms with Crippen LogP contribution in [0.3, 0.4) is 0 Å². The van der Waals surface area contributed by atoms with E-state index in [-0.39, 0.29) is 11.3 Å². The van der Waals surface area contributed by atoms with Crippen molar-refractivity contribution >= 4 is 11.4 Å². The molecule has 0 unspecified atom stereocenters. The van der Waals surface area contributed by atoms with E-state index in [1.807, 2.05) is 6.07 Å². The van der Waals surface area contributed by atoms with Crippen molar-refractivity contribution < 1.29 is 4.92 Å². The molecule has 0 radical (unpaired) electrons. The van der Waals surface area contributed by atoms with Gasteiger partial charge in [0.2, 0.25) is 0 Å². The van der Waals surface area contributed by atoms with Gasteiger partial charge in [-0.3, -0.25) is 10.1 Å². The van der Waals surface area contributed by atoms with Gasteiger partial charge in [-0.15, -0.1) is 0 Å². The Hall–Kier alpha value is -2.88. The maximum atomic E-state index is 10.7. The van der Waals surface area contributed by atoms with Gasteiger partial charge >= 0.3 is 0 Å². The molecule has 0 saturated heterocycles. The summed E-state index contributed by atoms with van der Waals surface area (Å²) in [7, 11) is 0. The van der Waals surface area contributed by atoms with Crippen molar-refractivity contribution in [3.63, 3.8) is 0 Å². The Balaban J connectivity index is 2.15. The van der Waals surface area contributed by atoms with Crippen LogP contribution < -0.4 is 5.32 Å².